The number of fused-ring (bicyclic) bond motifs is 1. The normalized spacial score (nSPS) is 15.8. The fraction of sp³-hybridized carbons (Fsp3) is 0.304. The maximum Gasteiger partial charge on any atom is 0.241 e. The van der Waals surface area contributed by atoms with E-state index in [1.165, 1.54) is 10.6 Å². The average Bonchev–Trinajstić information content (AvgIpc) is 2.78. The summed E-state index contributed by atoms with van der Waals surface area (Å²) >= 11 is 0. The van der Waals surface area contributed by atoms with Gasteiger partial charge >= 0.3 is 0 Å². The molecule has 0 spiro atoms. The van der Waals surface area contributed by atoms with Crippen LogP contribution in [0, 0.1) is 0 Å². The van der Waals surface area contributed by atoms with Gasteiger partial charge in [0.2, 0.25) is 20.0 Å². The molecule has 0 bridgehead atoms. The number of hydrogen-bond donors (Lipinski definition) is 2. The summed E-state index contributed by atoms with van der Waals surface area (Å²) in [6.07, 6.45) is 2.62. The molecular weight excluding hydrogens is 482 g/mol. The number of piperidine rings is 1. The highest BCUT2D eigenvalue weighted by Gasteiger charge is 2.25. The van der Waals surface area contributed by atoms with Crippen molar-refractivity contribution in [2.75, 3.05) is 24.7 Å². The number of hydrogen-bond acceptors (Lipinski definition) is 5. The van der Waals surface area contributed by atoms with Gasteiger partial charge in [-0.15, -0.1) is 12.4 Å². The first kappa shape index (κ1) is 25.5. The molecule has 0 aliphatic carbocycles. The highest BCUT2D eigenvalue weighted by Crippen LogP contribution is 2.30. The molecule has 1 aliphatic rings. The van der Waals surface area contributed by atoms with Gasteiger partial charge in [0.25, 0.3) is 0 Å². The van der Waals surface area contributed by atoms with Crippen LogP contribution < -0.4 is 10.0 Å². The Labute approximate surface area is 201 Å². The van der Waals surface area contributed by atoms with E-state index in [0.717, 1.165) is 16.6 Å². The molecule has 33 heavy (non-hydrogen) atoms. The molecule has 1 heterocycles. The molecule has 178 valence electrons. The molecule has 0 aromatic heterocycles. The topological polar surface area (TPSA) is 95.6 Å². The zero-order valence-corrected chi connectivity index (χ0v) is 20.7. The minimum atomic E-state index is -3.71. The molecule has 1 fully saturated rings. The van der Waals surface area contributed by atoms with Gasteiger partial charge in [-0.1, -0.05) is 54.6 Å². The molecule has 1 aliphatic heterocycles. The Balaban J connectivity index is 0.00000306. The lowest BCUT2D eigenvalue weighted by Crippen LogP contribution is -2.41. The van der Waals surface area contributed by atoms with E-state index in [2.05, 4.69) is 10.0 Å². The van der Waals surface area contributed by atoms with Gasteiger partial charge in [0.15, 0.2) is 0 Å². The van der Waals surface area contributed by atoms with Gasteiger partial charge in [-0.2, -0.15) is 0 Å². The van der Waals surface area contributed by atoms with E-state index in [0.29, 0.717) is 31.3 Å². The van der Waals surface area contributed by atoms with Crippen LogP contribution in [0.25, 0.3) is 10.8 Å². The zero-order valence-electron chi connectivity index (χ0n) is 18.3. The largest absolute Gasteiger partial charge is 0.382 e. The molecule has 7 nitrogen and oxygen atoms in total. The lowest BCUT2D eigenvalue weighted by molar-refractivity contribution is 0.332. The average molecular weight is 510 g/mol. The smallest absolute Gasteiger partial charge is 0.241 e. The van der Waals surface area contributed by atoms with Crippen molar-refractivity contribution in [1.29, 1.82) is 0 Å². The fourth-order valence-electron chi connectivity index (χ4n) is 4.04. The van der Waals surface area contributed by atoms with Gasteiger partial charge in [0.1, 0.15) is 0 Å². The molecule has 0 saturated carbocycles. The lowest BCUT2D eigenvalue weighted by atomic mass is 10.0. The van der Waals surface area contributed by atoms with Crippen LogP contribution in [0.4, 0.5) is 5.69 Å². The number of sulfonamides is 2. The van der Waals surface area contributed by atoms with Crippen molar-refractivity contribution in [3.63, 3.8) is 0 Å². The summed E-state index contributed by atoms with van der Waals surface area (Å²) in [4.78, 5) is 0.237. The fourth-order valence-corrected chi connectivity index (χ4v) is 6.16. The standard InChI is InChI=1S/C23H27N3O4S2.ClH/c1-31(27,28)26-15-13-19(14-16-26)25-22-11-5-10-21-20(22)9-6-12-23(21)32(29,30)24-17-18-7-3-2-4-8-18;/h2-12,19,24-25H,13-17H2,1H3;1H. The molecule has 3 aromatic rings. The molecule has 0 radical (unpaired) electrons. The summed E-state index contributed by atoms with van der Waals surface area (Å²) < 4.78 is 53.8. The van der Waals surface area contributed by atoms with E-state index >= 15 is 0 Å². The van der Waals surface area contributed by atoms with E-state index in [4.69, 9.17) is 0 Å². The number of halogens is 1. The zero-order chi connectivity index (χ0) is 22.8. The SMILES string of the molecule is CS(=O)(=O)N1CCC(Nc2cccc3c(S(=O)(=O)NCc4ccccc4)cccc23)CC1.Cl. The van der Waals surface area contributed by atoms with Crippen LogP contribution in [0.3, 0.4) is 0 Å². The number of nitrogens with one attached hydrogen (secondary N) is 2. The Kier molecular flexibility index (Phi) is 8.02. The second kappa shape index (κ2) is 10.4. The summed E-state index contributed by atoms with van der Waals surface area (Å²) in [7, 11) is -6.88. The molecule has 2 N–H and O–H groups in total. The lowest BCUT2D eigenvalue weighted by Gasteiger charge is -2.31. The third kappa shape index (κ3) is 6.04. The van der Waals surface area contributed by atoms with E-state index in [1.54, 1.807) is 12.1 Å². The van der Waals surface area contributed by atoms with Crippen LogP contribution in [-0.4, -0.2) is 46.5 Å². The minimum absolute atomic E-state index is 0. The van der Waals surface area contributed by atoms with Crippen LogP contribution in [0.5, 0.6) is 0 Å². The number of benzene rings is 3. The summed E-state index contributed by atoms with van der Waals surface area (Å²) in [5.41, 5.74) is 1.74. The maximum absolute atomic E-state index is 13.1. The van der Waals surface area contributed by atoms with Crippen LogP contribution in [0.1, 0.15) is 18.4 Å². The van der Waals surface area contributed by atoms with Crippen LogP contribution in [-0.2, 0) is 26.6 Å². The molecule has 1 saturated heterocycles. The molecule has 10 heteroatoms. The Morgan fingerprint density at radius 1 is 0.848 bits per heavy atom. The van der Waals surface area contributed by atoms with E-state index in [1.807, 2.05) is 54.6 Å². The highest BCUT2D eigenvalue weighted by atomic mass is 35.5. The van der Waals surface area contributed by atoms with Crippen molar-refractivity contribution in [2.45, 2.75) is 30.3 Å². The summed E-state index contributed by atoms with van der Waals surface area (Å²) in [5.74, 6) is 0. The van der Waals surface area contributed by atoms with Crippen LogP contribution in [0.15, 0.2) is 71.6 Å². The molecule has 4 rings (SSSR count). The van der Waals surface area contributed by atoms with Gasteiger partial charge in [0.05, 0.1) is 11.2 Å². The quantitative estimate of drug-likeness (QED) is 0.507. The molecule has 0 atom stereocenters. The van der Waals surface area contributed by atoms with Gasteiger partial charge in [-0.3, -0.25) is 0 Å². The monoisotopic (exact) mass is 509 g/mol. The van der Waals surface area contributed by atoms with Crippen molar-refractivity contribution >= 4 is 48.9 Å². The Hall–Kier alpha value is -2.17. The van der Waals surface area contributed by atoms with Gasteiger partial charge in [-0.05, 0) is 30.5 Å². The van der Waals surface area contributed by atoms with Crippen molar-refractivity contribution in [3.8, 4) is 0 Å². The van der Waals surface area contributed by atoms with Gasteiger partial charge < -0.3 is 5.32 Å². The van der Waals surface area contributed by atoms with Gasteiger partial charge in [-0.25, -0.2) is 25.9 Å². The minimum Gasteiger partial charge on any atom is -0.382 e. The Morgan fingerprint density at radius 2 is 1.48 bits per heavy atom. The number of anilines is 1. The number of nitrogens with zero attached hydrogens (tertiary/aromatic N) is 1. The third-order valence-corrected chi connectivity index (χ3v) is 8.53. The van der Waals surface area contributed by atoms with E-state index in [9.17, 15) is 16.8 Å². The first-order valence-electron chi connectivity index (χ1n) is 10.5. The summed E-state index contributed by atoms with van der Waals surface area (Å²) in [6, 6.07) is 20.4. The number of rotatable bonds is 7. The third-order valence-electron chi connectivity index (χ3n) is 5.76. The summed E-state index contributed by atoms with van der Waals surface area (Å²) in [6.45, 7) is 1.17. The Morgan fingerprint density at radius 3 is 2.15 bits per heavy atom. The molecule has 0 unspecified atom stereocenters. The molecular formula is C23H28ClN3O4S2. The van der Waals surface area contributed by atoms with Crippen molar-refractivity contribution < 1.29 is 16.8 Å². The predicted molar refractivity (Wildman–Crippen MR) is 135 cm³/mol. The molecule has 3 aromatic carbocycles. The van der Waals surface area contributed by atoms with Crippen molar-refractivity contribution in [1.82, 2.24) is 9.03 Å². The Bertz CT molecular complexity index is 1310. The van der Waals surface area contributed by atoms with Crippen molar-refractivity contribution in [3.05, 3.63) is 72.3 Å². The second-order valence-electron chi connectivity index (χ2n) is 8.05. The first-order chi connectivity index (χ1) is 15.2. The van der Waals surface area contributed by atoms with E-state index < -0.39 is 20.0 Å². The molecule has 0 amide bonds. The summed E-state index contributed by atoms with van der Waals surface area (Å²) in [5, 5.41) is 4.96. The predicted octanol–water partition coefficient (Wildman–Crippen LogP) is 3.58. The van der Waals surface area contributed by atoms with Gasteiger partial charge in [0, 0.05) is 42.1 Å². The highest BCUT2D eigenvalue weighted by molar-refractivity contribution is 7.89. The second-order valence-corrected chi connectivity index (χ2v) is 11.8. The first-order valence-corrected chi connectivity index (χ1v) is 13.8. The van der Waals surface area contributed by atoms with Crippen LogP contribution >= 0.6 is 12.4 Å². The maximum atomic E-state index is 13.1. The van der Waals surface area contributed by atoms with Crippen molar-refractivity contribution in [2.24, 2.45) is 0 Å². The van der Waals surface area contributed by atoms with Crippen LogP contribution in [0.2, 0.25) is 0 Å². The van der Waals surface area contributed by atoms with E-state index in [-0.39, 0.29) is 29.9 Å².